The molecule has 1 saturated carbocycles. The van der Waals surface area contributed by atoms with Gasteiger partial charge in [0.25, 0.3) is 5.91 Å². The predicted molar refractivity (Wildman–Crippen MR) is 240 cm³/mol. The number of rotatable bonds is 14. The van der Waals surface area contributed by atoms with Crippen molar-refractivity contribution in [1.82, 2.24) is 26.2 Å². The van der Waals surface area contributed by atoms with Crippen molar-refractivity contribution in [2.24, 2.45) is 0 Å². The van der Waals surface area contributed by atoms with E-state index in [9.17, 15) is 44.1 Å². The lowest BCUT2D eigenvalue weighted by atomic mass is 9.84. The summed E-state index contributed by atoms with van der Waals surface area (Å²) < 4.78 is 0. The number of hydrogen-bond donors (Lipinski definition) is 8. The number of phenols is 2. The maximum Gasteiger partial charge on any atom is 0.326 e. The highest BCUT2D eigenvalue weighted by molar-refractivity contribution is 5.97. The molecule has 1 heterocycles. The van der Waals surface area contributed by atoms with Crippen molar-refractivity contribution in [3.05, 3.63) is 107 Å². The largest absolute Gasteiger partial charge is 0.507 e. The lowest BCUT2D eigenvalue weighted by Crippen LogP contribution is -2.55. The molecule has 15 nitrogen and oxygen atoms in total. The van der Waals surface area contributed by atoms with Crippen molar-refractivity contribution in [3.63, 3.8) is 0 Å². The SMILES string of the molecule is C[C@@H]1NC(=O)[C@@H](N(C)C(=O)[C@H](CCCC[NH3+])NC(=O)CCNC(=O)c2ccc(-c3ccc(C4CCCCC4)cc3)cc2)c2ccc(O)c(c2)-c2cc(ccc2O)C[C@@H](C(=O)O)NC1=O. The molecular formula is C49H59N6O9+. The zero-order valence-corrected chi connectivity index (χ0v) is 36.4. The molecule has 0 unspecified atom stereocenters. The summed E-state index contributed by atoms with van der Waals surface area (Å²) in [6.07, 6.45) is 7.40. The highest BCUT2D eigenvalue weighted by atomic mass is 16.4. The Hall–Kier alpha value is -6.74. The highest BCUT2D eigenvalue weighted by Crippen LogP contribution is 2.39. The number of fused-ring (bicyclic) bond motifs is 5. The summed E-state index contributed by atoms with van der Waals surface area (Å²) >= 11 is 0. The summed E-state index contributed by atoms with van der Waals surface area (Å²) in [4.78, 5) is 81.6. The average Bonchev–Trinajstić information content (AvgIpc) is 3.29. The quantitative estimate of drug-likeness (QED) is 0.0840. The number of aromatic hydroxyl groups is 2. The fourth-order valence-electron chi connectivity index (χ4n) is 8.52. The van der Waals surface area contributed by atoms with Crippen LogP contribution in [0.4, 0.5) is 0 Å². The normalized spacial score (nSPS) is 18.4. The Kier molecular flexibility index (Phi) is 15.8. The first-order chi connectivity index (χ1) is 30.7. The number of nitrogens with one attached hydrogen (secondary N) is 4. The van der Waals surface area contributed by atoms with Crippen molar-refractivity contribution >= 4 is 35.5 Å². The Morgan fingerprint density at radius 3 is 2.08 bits per heavy atom. The van der Waals surface area contributed by atoms with Crippen molar-refractivity contribution in [2.45, 2.75) is 101 Å². The molecule has 6 rings (SSSR count). The first kappa shape index (κ1) is 46.8. The van der Waals surface area contributed by atoms with Crippen LogP contribution in [0.2, 0.25) is 0 Å². The van der Waals surface area contributed by atoms with Gasteiger partial charge in [-0.25, -0.2) is 4.79 Å². The third kappa shape index (κ3) is 11.6. The number of carbonyl (C=O) groups excluding carboxylic acids is 5. The molecule has 10 N–H and O–H groups in total. The molecule has 1 aliphatic heterocycles. The van der Waals surface area contributed by atoms with E-state index in [1.807, 2.05) is 12.1 Å². The Morgan fingerprint density at radius 2 is 1.42 bits per heavy atom. The van der Waals surface area contributed by atoms with Gasteiger partial charge in [0.1, 0.15) is 35.7 Å². The lowest BCUT2D eigenvalue weighted by Gasteiger charge is -2.32. The number of quaternary nitrogens is 1. The van der Waals surface area contributed by atoms with Crippen LogP contribution < -0.4 is 27.0 Å². The van der Waals surface area contributed by atoms with Crippen LogP contribution in [0.25, 0.3) is 22.3 Å². The zero-order chi connectivity index (χ0) is 45.9. The van der Waals surface area contributed by atoms with Crippen LogP contribution in [0.5, 0.6) is 11.5 Å². The second-order valence-electron chi connectivity index (χ2n) is 16.8. The number of likely N-dealkylation sites (N-methyl/N-ethyl adjacent to an activating group) is 1. The Balaban J connectivity index is 1.15. The van der Waals surface area contributed by atoms with E-state index in [1.165, 1.54) is 88.0 Å². The summed E-state index contributed by atoms with van der Waals surface area (Å²) in [5.41, 5.74) is 8.61. The van der Waals surface area contributed by atoms with Crippen molar-refractivity contribution in [3.8, 4) is 33.8 Å². The average molecular weight is 876 g/mol. The number of hydrogen-bond acceptors (Lipinski definition) is 8. The molecule has 4 aromatic rings. The number of nitrogens with zero attached hydrogens (tertiary/aromatic N) is 1. The fourth-order valence-corrected chi connectivity index (χ4v) is 8.52. The van der Waals surface area contributed by atoms with E-state index in [2.05, 4.69) is 51.3 Å². The minimum Gasteiger partial charge on any atom is -0.507 e. The number of aliphatic carboxylic acids is 1. The van der Waals surface area contributed by atoms with Gasteiger partial charge in [0, 0.05) is 43.1 Å². The molecule has 0 radical (unpaired) electrons. The molecule has 4 bridgehead atoms. The molecule has 1 fully saturated rings. The third-order valence-electron chi connectivity index (χ3n) is 12.2. The Labute approximate surface area is 372 Å². The number of unbranched alkanes of at least 4 members (excludes halogenated alkanes) is 1. The number of carboxylic acids is 1. The second kappa shape index (κ2) is 21.6. The molecule has 0 spiro atoms. The van der Waals surface area contributed by atoms with Gasteiger partial charge in [-0.15, -0.1) is 0 Å². The number of carboxylic acid groups (broad SMARTS) is 1. The van der Waals surface area contributed by atoms with Crippen LogP contribution >= 0.6 is 0 Å². The number of phenolic OH excluding ortho intramolecular Hbond substituents is 2. The molecule has 0 saturated heterocycles. The Morgan fingerprint density at radius 1 is 0.797 bits per heavy atom. The third-order valence-corrected chi connectivity index (χ3v) is 12.2. The zero-order valence-electron chi connectivity index (χ0n) is 36.4. The van der Waals surface area contributed by atoms with E-state index in [-0.39, 0.29) is 59.9 Å². The molecule has 4 atom stereocenters. The van der Waals surface area contributed by atoms with E-state index in [4.69, 9.17) is 0 Å². The maximum absolute atomic E-state index is 14.4. The second-order valence-corrected chi connectivity index (χ2v) is 16.8. The highest BCUT2D eigenvalue weighted by Gasteiger charge is 2.36. The minimum atomic E-state index is -1.43. The van der Waals surface area contributed by atoms with E-state index in [0.29, 0.717) is 36.4 Å². The van der Waals surface area contributed by atoms with Crippen LogP contribution in [-0.4, -0.2) is 94.0 Å². The predicted octanol–water partition coefficient (Wildman–Crippen LogP) is 4.33. The summed E-state index contributed by atoms with van der Waals surface area (Å²) in [5.74, 6) is -4.29. The summed E-state index contributed by atoms with van der Waals surface area (Å²) in [5, 5.41) is 42.4. The van der Waals surface area contributed by atoms with Gasteiger partial charge >= 0.3 is 5.97 Å². The van der Waals surface area contributed by atoms with Crippen molar-refractivity contribution in [2.75, 3.05) is 20.1 Å². The van der Waals surface area contributed by atoms with E-state index < -0.39 is 53.8 Å². The molecule has 5 amide bonds. The fraction of sp³-hybridized carbons (Fsp3) is 0.388. The molecule has 0 aromatic heterocycles. The molecular weight excluding hydrogens is 817 g/mol. The topological polar surface area (TPSA) is 242 Å². The first-order valence-corrected chi connectivity index (χ1v) is 22.1. The smallest absolute Gasteiger partial charge is 0.326 e. The lowest BCUT2D eigenvalue weighted by molar-refractivity contribution is -0.368. The number of carbonyl (C=O) groups is 6. The van der Waals surface area contributed by atoms with Gasteiger partial charge in [0.2, 0.25) is 23.6 Å². The maximum atomic E-state index is 14.4. The summed E-state index contributed by atoms with van der Waals surface area (Å²) in [6.45, 7) is 1.95. The van der Waals surface area contributed by atoms with Gasteiger partial charge in [0.15, 0.2) is 0 Å². The van der Waals surface area contributed by atoms with Gasteiger partial charge < -0.3 is 47.2 Å². The van der Waals surface area contributed by atoms with Gasteiger partial charge in [-0.05, 0) is 109 Å². The van der Waals surface area contributed by atoms with E-state index >= 15 is 0 Å². The van der Waals surface area contributed by atoms with Crippen molar-refractivity contribution < 1.29 is 49.8 Å². The number of benzene rings is 4. The van der Waals surface area contributed by atoms with Crippen LogP contribution in [0, 0.1) is 0 Å². The monoisotopic (exact) mass is 875 g/mol. The molecule has 4 aromatic carbocycles. The number of amides is 5. The molecule has 1 aliphatic carbocycles. The standard InChI is InChI=1S/C49H58N6O9/c1-29-45(59)54-40(49(63)64)27-30-11-21-41(56)37(26-30)38-28-36(20-22-42(38)57)44(47(61)52-29)55(2)48(62)39(10-6-7-24-50)53-43(58)23-25-51-46(60)35-18-16-34(17-19-35)33-14-12-32(13-15-33)31-8-4-3-5-9-31/h11-22,26,28-29,31,39-40,44,56-57H,3-10,23-25,27,50H2,1-2H3,(H,51,60)(H,52,61)(H,53,58)(H,54,59)(H,63,64)/p+1/t29-,39-,40-,44-/m0/s1. The summed E-state index contributed by atoms with van der Waals surface area (Å²) in [7, 11) is 1.38. The molecule has 2 aliphatic rings. The van der Waals surface area contributed by atoms with Gasteiger partial charge in [-0.2, -0.15) is 0 Å². The van der Waals surface area contributed by atoms with Gasteiger partial charge in [-0.1, -0.05) is 67.8 Å². The summed E-state index contributed by atoms with van der Waals surface area (Å²) in [6, 6.07) is 19.3. The first-order valence-electron chi connectivity index (χ1n) is 22.1. The van der Waals surface area contributed by atoms with E-state index in [1.54, 1.807) is 12.1 Å². The Bertz CT molecular complexity index is 2330. The minimum absolute atomic E-state index is 0.0112. The van der Waals surface area contributed by atoms with Gasteiger partial charge in [-0.3, -0.25) is 24.0 Å². The van der Waals surface area contributed by atoms with Gasteiger partial charge in [0.05, 0.1) is 6.54 Å². The van der Waals surface area contributed by atoms with Crippen molar-refractivity contribution in [1.29, 1.82) is 0 Å². The molecule has 338 valence electrons. The van der Waals surface area contributed by atoms with Crippen LogP contribution in [-0.2, 0) is 30.4 Å². The van der Waals surface area contributed by atoms with Crippen LogP contribution in [0.3, 0.4) is 0 Å². The van der Waals surface area contributed by atoms with Crippen LogP contribution in [0.15, 0.2) is 84.9 Å². The molecule has 15 heteroatoms. The van der Waals surface area contributed by atoms with E-state index in [0.717, 1.165) is 16.0 Å². The van der Waals surface area contributed by atoms with Crippen LogP contribution in [0.1, 0.15) is 104 Å². The molecule has 64 heavy (non-hydrogen) atoms.